The summed E-state index contributed by atoms with van der Waals surface area (Å²) in [4.78, 5) is 30.8. The molecule has 7 rings (SSSR count). The van der Waals surface area contributed by atoms with Gasteiger partial charge in [-0.1, -0.05) is 66.2 Å². The number of rotatable bonds is 8. The van der Waals surface area contributed by atoms with Crippen LogP contribution in [0.3, 0.4) is 0 Å². The third kappa shape index (κ3) is 5.01. The van der Waals surface area contributed by atoms with E-state index in [0.717, 1.165) is 27.4 Å². The smallest absolute Gasteiger partial charge is 0.291 e. The van der Waals surface area contributed by atoms with Crippen molar-refractivity contribution < 1.29 is 14.1 Å². The molecule has 44 heavy (non-hydrogen) atoms. The van der Waals surface area contributed by atoms with Gasteiger partial charge in [0.2, 0.25) is 0 Å². The minimum Gasteiger partial charge on any atom is -0.451 e. The van der Waals surface area contributed by atoms with E-state index in [1.165, 1.54) is 29.3 Å². The third-order valence-corrected chi connectivity index (χ3v) is 8.25. The molecule has 9 heteroatoms. The molecule has 7 aromatic rings. The fourth-order valence-electron chi connectivity index (χ4n) is 5.80. The van der Waals surface area contributed by atoms with Crippen LogP contribution in [0.1, 0.15) is 33.2 Å². The van der Waals surface area contributed by atoms with Crippen LogP contribution in [-0.4, -0.2) is 20.8 Å². The summed E-state index contributed by atoms with van der Waals surface area (Å²) in [7, 11) is 0. The van der Waals surface area contributed by atoms with Crippen molar-refractivity contribution >= 4 is 50.7 Å². The summed E-state index contributed by atoms with van der Waals surface area (Å²) in [5.41, 5.74) is 6.44. The number of hydrogen-bond donors (Lipinski definition) is 3. The van der Waals surface area contributed by atoms with Crippen LogP contribution in [0.4, 0.5) is 11.4 Å². The Labute approximate surface area is 256 Å². The molecule has 1 amide bonds. The van der Waals surface area contributed by atoms with E-state index in [0.29, 0.717) is 23.4 Å². The number of carbonyl (C=O) groups is 1. The summed E-state index contributed by atoms with van der Waals surface area (Å²) >= 11 is 6.28. The van der Waals surface area contributed by atoms with E-state index >= 15 is 0 Å². The number of hydrogen-bond acceptors (Lipinski definition) is 4. The number of aromatic amines is 2. The zero-order valence-corrected chi connectivity index (χ0v) is 24.0. The summed E-state index contributed by atoms with van der Waals surface area (Å²) < 4.78 is 5.85. The first kappa shape index (κ1) is 27.2. The standard InChI is InChI=1S/C35H25ClN4O4/c36-29-18-22(40(42)43)13-14-25(29)33-15-16-34(44-33)35(41)39-30-10-4-1-7-21(30)17-26(27-19-37-31-11-5-2-8-23(27)31)28-20-38-32-12-6-3-9-24(28)32/h1-16,18-20,26,37-38H,17H2,(H,39,41). The van der Waals surface area contributed by atoms with Crippen LogP contribution in [-0.2, 0) is 6.42 Å². The molecule has 216 valence electrons. The quantitative estimate of drug-likeness (QED) is 0.119. The molecule has 0 fully saturated rings. The SMILES string of the molecule is O=C(Nc1ccccc1CC(c1c[nH]c2ccccc12)c1c[nH]c2ccccc12)c1ccc(-c2ccc([N+](=O)[O-])cc2Cl)o1. The summed E-state index contributed by atoms with van der Waals surface area (Å²) in [6.45, 7) is 0. The monoisotopic (exact) mass is 600 g/mol. The summed E-state index contributed by atoms with van der Waals surface area (Å²) in [5, 5.41) is 16.6. The molecule has 0 unspecified atom stereocenters. The first-order valence-electron chi connectivity index (χ1n) is 14.0. The molecule has 0 saturated heterocycles. The van der Waals surface area contributed by atoms with E-state index in [-0.39, 0.29) is 22.4 Å². The highest BCUT2D eigenvalue weighted by atomic mass is 35.5. The van der Waals surface area contributed by atoms with Crippen molar-refractivity contribution in [3.63, 3.8) is 0 Å². The Morgan fingerprint density at radius 2 is 1.48 bits per heavy atom. The molecular weight excluding hydrogens is 576 g/mol. The normalized spacial score (nSPS) is 11.4. The van der Waals surface area contributed by atoms with Gasteiger partial charge in [0.25, 0.3) is 11.6 Å². The van der Waals surface area contributed by atoms with Crippen molar-refractivity contribution in [2.24, 2.45) is 0 Å². The number of H-pyrrole nitrogens is 2. The minimum atomic E-state index is -0.518. The molecule has 4 aromatic carbocycles. The second-order valence-corrected chi connectivity index (χ2v) is 10.9. The van der Waals surface area contributed by atoms with E-state index < -0.39 is 10.8 Å². The van der Waals surface area contributed by atoms with Crippen LogP contribution in [0.15, 0.2) is 120 Å². The lowest BCUT2D eigenvalue weighted by Gasteiger charge is -2.19. The second-order valence-electron chi connectivity index (χ2n) is 10.5. The highest BCUT2D eigenvalue weighted by Gasteiger charge is 2.24. The number of furan rings is 1. The number of nitro groups is 1. The highest BCUT2D eigenvalue weighted by Crippen LogP contribution is 2.38. The van der Waals surface area contributed by atoms with Crippen LogP contribution < -0.4 is 5.32 Å². The first-order chi connectivity index (χ1) is 21.5. The van der Waals surface area contributed by atoms with Crippen LogP contribution in [0.25, 0.3) is 33.1 Å². The van der Waals surface area contributed by atoms with E-state index in [4.69, 9.17) is 16.0 Å². The molecule has 0 aliphatic rings. The predicted octanol–water partition coefficient (Wildman–Crippen LogP) is 9.10. The number of fused-ring (bicyclic) bond motifs is 2. The maximum atomic E-state index is 13.4. The number of nitrogens with one attached hydrogen (secondary N) is 3. The Morgan fingerprint density at radius 3 is 2.14 bits per heavy atom. The predicted molar refractivity (Wildman–Crippen MR) is 172 cm³/mol. The summed E-state index contributed by atoms with van der Waals surface area (Å²) in [6.07, 6.45) is 4.78. The van der Waals surface area contributed by atoms with Gasteiger partial charge in [-0.3, -0.25) is 14.9 Å². The third-order valence-electron chi connectivity index (χ3n) is 7.94. The molecule has 0 radical (unpaired) electrons. The maximum absolute atomic E-state index is 13.4. The second kappa shape index (κ2) is 11.2. The molecule has 0 atom stereocenters. The number of carbonyl (C=O) groups excluding carboxylic acids is 1. The van der Waals surface area contributed by atoms with Gasteiger partial charge in [-0.05, 0) is 59.5 Å². The van der Waals surface area contributed by atoms with Gasteiger partial charge in [0.15, 0.2) is 5.76 Å². The van der Waals surface area contributed by atoms with Crippen molar-refractivity contribution in [2.45, 2.75) is 12.3 Å². The molecule has 3 N–H and O–H groups in total. The molecule has 3 aromatic heterocycles. The lowest BCUT2D eigenvalue weighted by Crippen LogP contribution is -2.14. The lowest BCUT2D eigenvalue weighted by molar-refractivity contribution is -0.384. The zero-order valence-electron chi connectivity index (χ0n) is 23.2. The van der Waals surface area contributed by atoms with Crippen LogP contribution in [0, 0.1) is 10.1 Å². The van der Waals surface area contributed by atoms with E-state index in [1.54, 1.807) is 12.1 Å². The Bertz CT molecular complexity index is 2100. The van der Waals surface area contributed by atoms with E-state index in [9.17, 15) is 14.9 Å². The van der Waals surface area contributed by atoms with Gasteiger partial charge in [0.1, 0.15) is 5.76 Å². The van der Waals surface area contributed by atoms with E-state index in [1.807, 2.05) is 48.5 Å². The van der Waals surface area contributed by atoms with Gasteiger partial charge in [0, 0.05) is 63.5 Å². The van der Waals surface area contributed by atoms with Crippen LogP contribution in [0.5, 0.6) is 0 Å². The number of anilines is 1. The zero-order chi connectivity index (χ0) is 30.2. The largest absolute Gasteiger partial charge is 0.451 e. The van der Waals surface area contributed by atoms with Crippen molar-refractivity contribution in [1.29, 1.82) is 0 Å². The maximum Gasteiger partial charge on any atom is 0.291 e. The number of para-hydroxylation sites is 3. The molecule has 0 saturated carbocycles. The first-order valence-corrected chi connectivity index (χ1v) is 14.4. The minimum absolute atomic E-state index is 0.0140. The average molecular weight is 601 g/mol. The number of amides is 1. The molecular formula is C35H25ClN4O4. The summed E-state index contributed by atoms with van der Waals surface area (Å²) in [6, 6.07) is 31.6. The molecule has 0 spiro atoms. The van der Waals surface area contributed by atoms with Gasteiger partial charge in [-0.2, -0.15) is 0 Å². The average Bonchev–Trinajstić information content (AvgIpc) is 3.80. The Hall–Kier alpha value is -5.60. The van der Waals surface area contributed by atoms with Crippen molar-refractivity contribution in [3.8, 4) is 11.3 Å². The molecule has 0 aliphatic heterocycles. The molecule has 0 bridgehead atoms. The number of halogens is 1. The van der Waals surface area contributed by atoms with E-state index in [2.05, 4.69) is 51.9 Å². The summed E-state index contributed by atoms with van der Waals surface area (Å²) in [5.74, 6) is -0.00609. The van der Waals surface area contributed by atoms with Crippen molar-refractivity contribution in [3.05, 3.63) is 153 Å². The van der Waals surface area contributed by atoms with Gasteiger partial charge < -0.3 is 19.7 Å². The lowest BCUT2D eigenvalue weighted by atomic mass is 9.85. The van der Waals surface area contributed by atoms with Crippen molar-refractivity contribution in [2.75, 3.05) is 5.32 Å². The van der Waals surface area contributed by atoms with Gasteiger partial charge in [-0.25, -0.2) is 0 Å². The van der Waals surface area contributed by atoms with Crippen LogP contribution in [0.2, 0.25) is 5.02 Å². The number of non-ortho nitro benzene ring substituents is 1. The fraction of sp³-hybridized carbons (Fsp3) is 0.0571. The molecule has 8 nitrogen and oxygen atoms in total. The molecule has 3 heterocycles. The van der Waals surface area contributed by atoms with Crippen LogP contribution >= 0.6 is 11.6 Å². The van der Waals surface area contributed by atoms with Crippen molar-refractivity contribution in [1.82, 2.24) is 9.97 Å². The van der Waals surface area contributed by atoms with Gasteiger partial charge in [0.05, 0.1) is 9.95 Å². The number of aromatic nitrogens is 2. The Balaban J connectivity index is 1.21. The Kier molecular flexibility index (Phi) is 6.96. The number of benzene rings is 4. The Morgan fingerprint density at radius 1 is 0.841 bits per heavy atom. The van der Waals surface area contributed by atoms with Gasteiger partial charge >= 0.3 is 0 Å². The highest BCUT2D eigenvalue weighted by molar-refractivity contribution is 6.33. The number of nitrogens with zero attached hydrogens (tertiary/aromatic N) is 1. The molecule has 0 aliphatic carbocycles. The topological polar surface area (TPSA) is 117 Å². The van der Waals surface area contributed by atoms with Gasteiger partial charge in [-0.15, -0.1) is 0 Å². The fourth-order valence-corrected chi connectivity index (χ4v) is 6.07. The number of nitro benzene ring substituents is 1.